The molecule has 1 aliphatic heterocycles. The summed E-state index contributed by atoms with van der Waals surface area (Å²) in [4.78, 5) is 27.8. The smallest absolute Gasteiger partial charge is 0.416 e. The first-order valence-corrected chi connectivity index (χ1v) is 11.7. The highest BCUT2D eigenvalue weighted by Gasteiger charge is 2.37. The predicted molar refractivity (Wildman–Crippen MR) is 132 cm³/mol. The molecule has 0 aromatic heterocycles. The number of benzene rings is 2. The van der Waals surface area contributed by atoms with Gasteiger partial charge in [0.15, 0.2) is 0 Å². The van der Waals surface area contributed by atoms with Gasteiger partial charge in [-0.1, -0.05) is 18.2 Å². The topological polar surface area (TPSA) is 79.8 Å². The fourth-order valence-corrected chi connectivity index (χ4v) is 4.21. The van der Waals surface area contributed by atoms with E-state index in [-0.39, 0.29) is 22.2 Å². The third-order valence-corrected chi connectivity index (χ3v) is 6.06. The van der Waals surface area contributed by atoms with E-state index in [0.717, 1.165) is 46.5 Å². The van der Waals surface area contributed by atoms with Gasteiger partial charge in [0, 0.05) is 47.7 Å². The predicted octanol–water partition coefficient (Wildman–Crippen LogP) is 6.55. The molecule has 0 radical (unpaired) electrons. The molecule has 1 aliphatic rings. The van der Waals surface area contributed by atoms with Crippen molar-refractivity contribution in [1.82, 2.24) is 5.32 Å². The summed E-state index contributed by atoms with van der Waals surface area (Å²) in [5, 5.41) is 4.82. The molecule has 13 heteroatoms. The van der Waals surface area contributed by atoms with E-state index in [1.165, 1.54) is 26.1 Å². The van der Waals surface area contributed by atoms with Crippen molar-refractivity contribution >= 4 is 63.1 Å². The van der Waals surface area contributed by atoms with Crippen LogP contribution in [0.1, 0.15) is 29.2 Å². The zero-order valence-corrected chi connectivity index (χ0v) is 21.1. The minimum absolute atomic E-state index is 0.0661. The fraction of sp³-hybridized carbons (Fsp3) is 0.227. The Balaban J connectivity index is 1.92. The lowest BCUT2D eigenvalue weighted by Crippen LogP contribution is -2.18. The van der Waals surface area contributed by atoms with Crippen LogP contribution in [0.15, 0.2) is 46.3 Å². The number of alkyl halides is 6. The van der Waals surface area contributed by atoms with E-state index in [0.29, 0.717) is 22.4 Å². The maximum absolute atomic E-state index is 13.5. The van der Waals surface area contributed by atoms with Gasteiger partial charge in [-0.15, -0.1) is 0 Å². The van der Waals surface area contributed by atoms with Crippen molar-refractivity contribution in [3.63, 3.8) is 0 Å². The standard InChI is InChI=1S/C22H17F5IN3O3S/c1-11(32)30-16-7-12(8-18-19(29-2)31-20(33)35-18)3-6-17(16)34-10-13-4-5-14(22(26,27)28)9-15(13)21(23,24)25/h3-9H,10H2,1-2H3,(H,30,32)(H,29,31,33)/b18-8-. The highest BCUT2D eigenvalue weighted by molar-refractivity contribution is 14.1. The van der Waals surface area contributed by atoms with Gasteiger partial charge in [0.2, 0.25) is 5.91 Å². The number of anilines is 1. The number of ether oxygens (including phenoxy) is 1. The zero-order chi connectivity index (χ0) is 26.0. The molecule has 1 fully saturated rings. The summed E-state index contributed by atoms with van der Waals surface area (Å²) in [7, 11) is 1.51. The molecule has 2 amide bonds. The average molecular weight is 625 g/mol. The van der Waals surface area contributed by atoms with Gasteiger partial charge in [-0.05, 0) is 41.6 Å². The molecule has 1 heterocycles. The summed E-state index contributed by atoms with van der Waals surface area (Å²) in [5.74, 6) is -0.00907. The van der Waals surface area contributed by atoms with Gasteiger partial charge in [0.1, 0.15) is 18.2 Å². The van der Waals surface area contributed by atoms with E-state index >= 15 is 0 Å². The number of aliphatic imine (C=N–C) groups is 1. The SMILES string of the molecule is CN=C1NC(=O)S/C1=C\c1ccc(OCc2ccc(C(F)(F)I)cc2C(F)(F)F)c(NC(C)=O)c1. The van der Waals surface area contributed by atoms with E-state index in [9.17, 15) is 31.5 Å². The molecule has 0 bridgehead atoms. The second kappa shape index (κ2) is 10.5. The summed E-state index contributed by atoms with van der Waals surface area (Å²) in [6.07, 6.45) is -3.24. The van der Waals surface area contributed by atoms with Crippen LogP contribution in [0, 0.1) is 0 Å². The zero-order valence-electron chi connectivity index (χ0n) is 18.1. The van der Waals surface area contributed by atoms with E-state index in [2.05, 4.69) is 15.6 Å². The van der Waals surface area contributed by atoms with Crippen LogP contribution < -0.4 is 15.4 Å². The minimum atomic E-state index is -4.88. The first-order valence-electron chi connectivity index (χ1n) is 9.77. The van der Waals surface area contributed by atoms with E-state index in [1.54, 1.807) is 12.1 Å². The van der Waals surface area contributed by atoms with Crippen LogP contribution in [-0.2, 0) is 21.5 Å². The number of amidine groups is 1. The second-order valence-corrected chi connectivity index (χ2v) is 9.56. The molecule has 2 aromatic carbocycles. The molecule has 2 N–H and O–H groups in total. The Morgan fingerprint density at radius 2 is 1.91 bits per heavy atom. The summed E-state index contributed by atoms with van der Waals surface area (Å²) >= 11 is 1.69. The quantitative estimate of drug-likeness (QED) is 0.217. The van der Waals surface area contributed by atoms with E-state index < -0.39 is 33.7 Å². The average Bonchev–Trinajstić information content (AvgIpc) is 3.10. The summed E-state index contributed by atoms with van der Waals surface area (Å²) < 4.78 is 69.7. The van der Waals surface area contributed by atoms with Gasteiger partial charge in [-0.2, -0.15) is 22.0 Å². The normalized spacial score (nSPS) is 16.5. The number of amides is 2. The summed E-state index contributed by atoms with van der Waals surface area (Å²) in [5.41, 5.74) is -1.63. The van der Waals surface area contributed by atoms with Crippen molar-refractivity contribution in [3.8, 4) is 5.75 Å². The van der Waals surface area contributed by atoms with Gasteiger partial charge in [0.25, 0.3) is 5.24 Å². The Morgan fingerprint density at radius 1 is 1.20 bits per heavy atom. The third kappa shape index (κ3) is 6.93. The van der Waals surface area contributed by atoms with Crippen molar-refractivity contribution < 1.29 is 36.3 Å². The van der Waals surface area contributed by atoms with Crippen molar-refractivity contribution in [3.05, 3.63) is 63.6 Å². The molecule has 6 nitrogen and oxygen atoms in total. The number of thioether (sulfide) groups is 1. The molecule has 0 spiro atoms. The van der Waals surface area contributed by atoms with Crippen molar-refractivity contribution in [2.45, 2.75) is 23.6 Å². The van der Waals surface area contributed by atoms with E-state index in [4.69, 9.17) is 4.74 Å². The van der Waals surface area contributed by atoms with Crippen molar-refractivity contribution in [2.24, 2.45) is 4.99 Å². The number of hydrogen-bond donors (Lipinski definition) is 2. The molecular weight excluding hydrogens is 608 g/mol. The highest BCUT2D eigenvalue weighted by atomic mass is 127. The number of carbonyl (C=O) groups excluding carboxylic acids is 2. The van der Waals surface area contributed by atoms with Gasteiger partial charge in [-0.3, -0.25) is 14.6 Å². The molecule has 35 heavy (non-hydrogen) atoms. The first kappa shape index (κ1) is 26.9. The van der Waals surface area contributed by atoms with Crippen LogP contribution in [0.4, 0.5) is 32.4 Å². The number of carbonyl (C=O) groups is 2. The van der Waals surface area contributed by atoms with Gasteiger partial charge < -0.3 is 15.4 Å². The third-order valence-electron chi connectivity index (χ3n) is 4.62. The molecule has 0 saturated carbocycles. The lowest BCUT2D eigenvalue weighted by atomic mass is 10.0. The summed E-state index contributed by atoms with van der Waals surface area (Å²) in [6, 6.07) is 6.78. The fourth-order valence-electron chi connectivity index (χ4n) is 3.10. The lowest BCUT2D eigenvalue weighted by molar-refractivity contribution is -0.138. The van der Waals surface area contributed by atoms with Crippen LogP contribution in [0.25, 0.3) is 6.08 Å². The van der Waals surface area contributed by atoms with E-state index in [1.807, 2.05) is 0 Å². The molecular formula is C22H17F5IN3O3S. The minimum Gasteiger partial charge on any atom is -0.487 e. The van der Waals surface area contributed by atoms with Crippen LogP contribution in [0.3, 0.4) is 0 Å². The Morgan fingerprint density at radius 3 is 2.51 bits per heavy atom. The number of hydrogen-bond acceptors (Lipinski definition) is 5. The first-order chi connectivity index (χ1) is 16.3. The Labute approximate surface area is 214 Å². The van der Waals surface area contributed by atoms with Crippen molar-refractivity contribution in [1.29, 1.82) is 0 Å². The molecule has 0 aliphatic carbocycles. The molecule has 0 unspecified atom stereocenters. The Hall–Kier alpha value is -2.68. The lowest BCUT2D eigenvalue weighted by Gasteiger charge is -2.18. The van der Waals surface area contributed by atoms with Crippen LogP contribution >= 0.6 is 34.4 Å². The largest absolute Gasteiger partial charge is 0.487 e. The molecule has 3 rings (SSSR count). The molecule has 2 aromatic rings. The maximum Gasteiger partial charge on any atom is 0.416 e. The Bertz CT molecular complexity index is 1230. The number of rotatable bonds is 6. The van der Waals surface area contributed by atoms with Crippen LogP contribution in [-0.4, -0.2) is 24.0 Å². The van der Waals surface area contributed by atoms with Crippen molar-refractivity contribution in [2.75, 3.05) is 12.4 Å². The van der Waals surface area contributed by atoms with Crippen LogP contribution in [0.5, 0.6) is 5.75 Å². The molecule has 1 saturated heterocycles. The molecule has 186 valence electrons. The van der Waals surface area contributed by atoms with Gasteiger partial charge in [0.05, 0.1) is 16.2 Å². The van der Waals surface area contributed by atoms with Gasteiger partial charge in [-0.25, -0.2) is 0 Å². The highest BCUT2D eigenvalue weighted by Crippen LogP contribution is 2.40. The number of nitrogens with one attached hydrogen (secondary N) is 2. The number of nitrogens with zero attached hydrogens (tertiary/aromatic N) is 1. The number of halogens is 6. The molecule has 0 atom stereocenters. The monoisotopic (exact) mass is 625 g/mol. The summed E-state index contributed by atoms with van der Waals surface area (Å²) in [6.45, 7) is 0.659. The second-order valence-electron chi connectivity index (χ2n) is 7.19. The van der Waals surface area contributed by atoms with Gasteiger partial charge >= 0.3 is 10.1 Å². The van der Waals surface area contributed by atoms with Crippen LogP contribution in [0.2, 0.25) is 0 Å². The Kier molecular flexibility index (Phi) is 8.09. The maximum atomic E-state index is 13.5.